The van der Waals surface area contributed by atoms with Crippen LogP contribution in [0.2, 0.25) is 0 Å². The number of para-hydroxylation sites is 1. The van der Waals surface area contributed by atoms with Crippen molar-refractivity contribution >= 4 is 0 Å². The van der Waals surface area contributed by atoms with Crippen LogP contribution in [0.1, 0.15) is 52.1 Å². The van der Waals surface area contributed by atoms with Crippen molar-refractivity contribution in [2.24, 2.45) is 5.84 Å². The van der Waals surface area contributed by atoms with E-state index in [0.717, 1.165) is 24.2 Å². The number of hydrogen-bond donors (Lipinski definition) is 2. The van der Waals surface area contributed by atoms with E-state index in [1.807, 2.05) is 38.1 Å². The van der Waals surface area contributed by atoms with E-state index in [1.165, 1.54) is 0 Å². The lowest BCUT2D eigenvalue weighted by Crippen LogP contribution is -2.47. The molecule has 0 saturated carbocycles. The zero-order valence-electron chi connectivity index (χ0n) is 13.3. The van der Waals surface area contributed by atoms with E-state index in [1.54, 1.807) is 7.11 Å². The fourth-order valence-electron chi connectivity index (χ4n) is 2.67. The Morgan fingerprint density at radius 3 is 2.25 bits per heavy atom. The molecule has 1 atom stereocenters. The summed E-state index contributed by atoms with van der Waals surface area (Å²) in [5, 5.41) is 0. The molecule has 3 N–H and O–H groups in total. The summed E-state index contributed by atoms with van der Waals surface area (Å²) in [6, 6.07) is 7.88. The molecule has 0 aliphatic heterocycles. The molecule has 20 heavy (non-hydrogen) atoms. The Bertz CT molecular complexity index is 395. The van der Waals surface area contributed by atoms with Gasteiger partial charge in [-0.25, -0.2) is 5.43 Å². The fourth-order valence-corrected chi connectivity index (χ4v) is 2.67. The predicted molar refractivity (Wildman–Crippen MR) is 82.6 cm³/mol. The molecule has 1 unspecified atom stereocenters. The van der Waals surface area contributed by atoms with E-state index in [4.69, 9.17) is 15.3 Å². The third kappa shape index (κ3) is 3.51. The third-order valence-corrected chi connectivity index (χ3v) is 3.89. The zero-order valence-corrected chi connectivity index (χ0v) is 13.3. The summed E-state index contributed by atoms with van der Waals surface area (Å²) in [5.41, 5.74) is 3.61. The van der Waals surface area contributed by atoms with Crippen molar-refractivity contribution in [1.29, 1.82) is 0 Å². The van der Waals surface area contributed by atoms with Crippen molar-refractivity contribution in [2.45, 2.75) is 58.3 Å². The first-order chi connectivity index (χ1) is 9.54. The molecule has 0 bridgehead atoms. The van der Waals surface area contributed by atoms with Crippen molar-refractivity contribution < 1.29 is 9.47 Å². The van der Waals surface area contributed by atoms with Crippen LogP contribution in [0.15, 0.2) is 24.3 Å². The molecule has 0 spiro atoms. The maximum atomic E-state index is 5.91. The Hall–Kier alpha value is -1.10. The van der Waals surface area contributed by atoms with Crippen molar-refractivity contribution in [2.75, 3.05) is 7.11 Å². The van der Waals surface area contributed by atoms with Gasteiger partial charge >= 0.3 is 0 Å². The third-order valence-electron chi connectivity index (χ3n) is 3.89. The van der Waals surface area contributed by atoms with Crippen LogP contribution in [-0.4, -0.2) is 18.8 Å². The molecule has 0 heterocycles. The van der Waals surface area contributed by atoms with E-state index in [9.17, 15) is 0 Å². The van der Waals surface area contributed by atoms with Crippen LogP contribution in [0.5, 0.6) is 5.75 Å². The lowest BCUT2D eigenvalue weighted by Gasteiger charge is -2.39. The summed E-state index contributed by atoms with van der Waals surface area (Å²) in [6.07, 6.45) is 1.85. The van der Waals surface area contributed by atoms with Crippen LogP contribution >= 0.6 is 0 Å². The molecule has 114 valence electrons. The van der Waals surface area contributed by atoms with Gasteiger partial charge in [0.15, 0.2) is 0 Å². The molecule has 0 aliphatic rings. The summed E-state index contributed by atoms with van der Waals surface area (Å²) >= 11 is 0. The van der Waals surface area contributed by atoms with Gasteiger partial charge in [-0.3, -0.25) is 5.84 Å². The molecule has 0 amide bonds. The molecule has 0 radical (unpaired) electrons. The highest BCUT2D eigenvalue weighted by Gasteiger charge is 2.37. The van der Waals surface area contributed by atoms with Gasteiger partial charge in [0.05, 0.1) is 17.7 Å². The topological polar surface area (TPSA) is 56.5 Å². The average molecular weight is 280 g/mol. The number of ether oxygens (including phenoxy) is 2. The summed E-state index contributed by atoms with van der Waals surface area (Å²) in [4.78, 5) is 0. The first-order valence-electron chi connectivity index (χ1n) is 7.31. The lowest BCUT2D eigenvalue weighted by molar-refractivity contribution is -0.0493. The van der Waals surface area contributed by atoms with E-state index < -0.39 is 0 Å². The number of methoxy groups -OCH3 is 1. The Balaban J connectivity index is 3.24. The summed E-state index contributed by atoms with van der Waals surface area (Å²) in [7, 11) is 1.74. The second-order valence-corrected chi connectivity index (χ2v) is 5.28. The standard InChI is InChI=1S/C16H28N2O2/c1-6-16(7-2,19-5)15(18-17)13-10-8-9-11-14(13)20-12(3)4/h8-12,15,18H,6-7,17H2,1-5H3. The number of hydrazine groups is 1. The van der Waals surface area contributed by atoms with Gasteiger partial charge in [0.2, 0.25) is 0 Å². The SMILES string of the molecule is CCC(CC)(OC)C(NN)c1ccccc1OC(C)C. The largest absolute Gasteiger partial charge is 0.491 e. The quantitative estimate of drug-likeness (QED) is 0.567. The van der Waals surface area contributed by atoms with E-state index >= 15 is 0 Å². The Morgan fingerprint density at radius 1 is 1.20 bits per heavy atom. The maximum Gasteiger partial charge on any atom is 0.124 e. The molecule has 1 aromatic rings. The Kier molecular flexibility index (Phi) is 6.46. The lowest BCUT2D eigenvalue weighted by atomic mass is 9.84. The van der Waals surface area contributed by atoms with Crippen LogP contribution in [0.3, 0.4) is 0 Å². The minimum Gasteiger partial charge on any atom is -0.491 e. The smallest absolute Gasteiger partial charge is 0.124 e. The van der Waals surface area contributed by atoms with Gasteiger partial charge in [0, 0.05) is 12.7 Å². The first kappa shape index (κ1) is 17.0. The average Bonchev–Trinajstić information content (AvgIpc) is 2.45. The molecular formula is C16H28N2O2. The first-order valence-corrected chi connectivity index (χ1v) is 7.31. The van der Waals surface area contributed by atoms with Crippen LogP contribution in [0.25, 0.3) is 0 Å². The molecule has 4 nitrogen and oxygen atoms in total. The maximum absolute atomic E-state index is 5.91. The van der Waals surface area contributed by atoms with Gasteiger partial charge < -0.3 is 9.47 Å². The summed E-state index contributed by atoms with van der Waals surface area (Å²) in [6.45, 7) is 8.27. The number of nitrogens with one attached hydrogen (secondary N) is 1. The van der Waals surface area contributed by atoms with Crippen LogP contribution in [0, 0.1) is 0 Å². The van der Waals surface area contributed by atoms with Gasteiger partial charge in [0.1, 0.15) is 5.75 Å². The van der Waals surface area contributed by atoms with Gasteiger partial charge in [0.25, 0.3) is 0 Å². The number of hydrogen-bond acceptors (Lipinski definition) is 4. The molecule has 0 aliphatic carbocycles. The van der Waals surface area contributed by atoms with Crippen molar-refractivity contribution in [3.63, 3.8) is 0 Å². The molecule has 0 fully saturated rings. The van der Waals surface area contributed by atoms with Crippen molar-refractivity contribution in [3.8, 4) is 5.75 Å². The Labute approximate surface area is 122 Å². The van der Waals surface area contributed by atoms with Crippen LogP contribution in [-0.2, 0) is 4.74 Å². The minimum absolute atomic E-state index is 0.113. The second-order valence-electron chi connectivity index (χ2n) is 5.28. The monoisotopic (exact) mass is 280 g/mol. The molecule has 0 saturated heterocycles. The van der Waals surface area contributed by atoms with Crippen molar-refractivity contribution in [1.82, 2.24) is 5.43 Å². The highest BCUT2D eigenvalue weighted by Crippen LogP contribution is 2.38. The highest BCUT2D eigenvalue weighted by molar-refractivity contribution is 5.37. The van der Waals surface area contributed by atoms with Gasteiger partial charge in [-0.15, -0.1) is 0 Å². The zero-order chi connectivity index (χ0) is 15.2. The molecule has 4 heteroatoms. The second kappa shape index (κ2) is 7.62. The molecule has 0 aromatic heterocycles. The van der Waals surface area contributed by atoms with Gasteiger partial charge in [-0.1, -0.05) is 32.0 Å². The van der Waals surface area contributed by atoms with Gasteiger partial charge in [-0.2, -0.15) is 0 Å². The highest BCUT2D eigenvalue weighted by atomic mass is 16.5. The van der Waals surface area contributed by atoms with E-state index in [-0.39, 0.29) is 17.7 Å². The summed E-state index contributed by atoms with van der Waals surface area (Å²) in [5.74, 6) is 6.69. The van der Waals surface area contributed by atoms with Gasteiger partial charge in [-0.05, 0) is 32.8 Å². The normalized spacial score (nSPS) is 13.6. The summed E-state index contributed by atoms with van der Waals surface area (Å²) < 4.78 is 11.7. The number of benzene rings is 1. The van der Waals surface area contributed by atoms with Crippen molar-refractivity contribution in [3.05, 3.63) is 29.8 Å². The van der Waals surface area contributed by atoms with Crippen LogP contribution < -0.4 is 16.0 Å². The fraction of sp³-hybridized carbons (Fsp3) is 0.625. The van der Waals surface area contributed by atoms with Crippen LogP contribution in [0.4, 0.5) is 0 Å². The number of nitrogens with two attached hydrogens (primary N) is 1. The predicted octanol–water partition coefficient (Wildman–Crippen LogP) is 3.18. The minimum atomic E-state index is -0.342. The molecule has 1 aromatic carbocycles. The van der Waals surface area contributed by atoms with E-state index in [2.05, 4.69) is 19.3 Å². The Morgan fingerprint density at radius 2 is 1.80 bits per heavy atom. The molecule has 1 rings (SSSR count). The number of rotatable bonds is 8. The molecular weight excluding hydrogens is 252 g/mol. The van der Waals surface area contributed by atoms with E-state index in [0.29, 0.717) is 0 Å².